The van der Waals surface area contributed by atoms with Crippen molar-refractivity contribution in [3.63, 3.8) is 0 Å². The molecule has 0 radical (unpaired) electrons. The summed E-state index contributed by atoms with van der Waals surface area (Å²) in [6.07, 6.45) is 3.96. The molecule has 0 unspecified atom stereocenters. The van der Waals surface area contributed by atoms with Crippen LogP contribution in [0.15, 0.2) is 15.6 Å². The molecular formula is C11H19IN4O. The van der Waals surface area contributed by atoms with Crippen molar-refractivity contribution in [1.29, 1.82) is 0 Å². The van der Waals surface area contributed by atoms with Crippen LogP contribution in [0.3, 0.4) is 0 Å². The van der Waals surface area contributed by atoms with Gasteiger partial charge in [0, 0.05) is 12.6 Å². The third-order valence-corrected chi connectivity index (χ3v) is 2.88. The molecule has 5 nitrogen and oxygen atoms in total. The van der Waals surface area contributed by atoms with Gasteiger partial charge in [-0.25, -0.2) is 4.99 Å². The summed E-state index contributed by atoms with van der Waals surface area (Å²) in [5.41, 5.74) is 6.60. The van der Waals surface area contributed by atoms with Crippen LogP contribution in [-0.4, -0.2) is 17.7 Å². The van der Waals surface area contributed by atoms with E-state index in [0.29, 0.717) is 12.5 Å². The first-order valence-corrected chi connectivity index (χ1v) is 5.70. The molecule has 1 aromatic rings. The maximum absolute atomic E-state index is 5.73. The average molecular weight is 350 g/mol. The summed E-state index contributed by atoms with van der Waals surface area (Å²) in [6, 6.07) is 1.86. The average Bonchev–Trinajstić information content (AvgIpc) is 2.59. The van der Waals surface area contributed by atoms with Gasteiger partial charge in [0.15, 0.2) is 11.7 Å². The van der Waals surface area contributed by atoms with Gasteiger partial charge in [-0.2, -0.15) is 0 Å². The molecule has 17 heavy (non-hydrogen) atoms. The van der Waals surface area contributed by atoms with E-state index in [0.717, 1.165) is 23.9 Å². The first kappa shape index (κ1) is 14.3. The van der Waals surface area contributed by atoms with Crippen molar-refractivity contribution >= 4 is 29.9 Å². The summed E-state index contributed by atoms with van der Waals surface area (Å²) in [7, 11) is 0. The second-order valence-electron chi connectivity index (χ2n) is 4.31. The Kier molecular flexibility index (Phi) is 5.73. The molecule has 1 heterocycles. The summed E-state index contributed by atoms with van der Waals surface area (Å²) >= 11 is 0. The van der Waals surface area contributed by atoms with Gasteiger partial charge in [0.05, 0.1) is 5.69 Å². The Morgan fingerprint density at radius 1 is 1.65 bits per heavy atom. The molecule has 2 rings (SSSR count). The van der Waals surface area contributed by atoms with E-state index in [2.05, 4.69) is 15.5 Å². The number of rotatable bonds is 4. The second kappa shape index (κ2) is 6.83. The topological polar surface area (TPSA) is 76.4 Å². The van der Waals surface area contributed by atoms with Gasteiger partial charge >= 0.3 is 0 Å². The molecule has 96 valence electrons. The molecule has 3 N–H and O–H groups in total. The number of aromatic nitrogens is 1. The first-order chi connectivity index (χ1) is 7.74. The Hall–Kier alpha value is -0.790. The van der Waals surface area contributed by atoms with Crippen LogP contribution in [0, 0.1) is 12.8 Å². The minimum atomic E-state index is 0. The molecule has 0 saturated heterocycles. The lowest BCUT2D eigenvalue weighted by Crippen LogP contribution is -2.37. The number of guanidine groups is 1. The zero-order chi connectivity index (χ0) is 11.4. The number of halogens is 1. The van der Waals surface area contributed by atoms with Crippen LogP contribution in [0.4, 0.5) is 0 Å². The Labute approximate surface area is 118 Å². The molecule has 0 aliphatic heterocycles. The van der Waals surface area contributed by atoms with Crippen LogP contribution in [0.5, 0.6) is 0 Å². The minimum Gasteiger partial charge on any atom is -0.370 e. The lowest BCUT2D eigenvalue weighted by molar-refractivity contribution is 0.315. The van der Waals surface area contributed by atoms with E-state index < -0.39 is 0 Å². The maximum atomic E-state index is 5.73. The molecule has 0 amide bonds. The van der Waals surface area contributed by atoms with Gasteiger partial charge in [0.25, 0.3) is 0 Å². The molecule has 0 aromatic carbocycles. The molecule has 0 bridgehead atoms. The van der Waals surface area contributed by atoms with Crippen LogP contribution in [0.25, 0.3) is 0 Å². The minimum absolute atomic E-state index is 0. The molecule has 1 aliphatic rings. The van der Waals surface area contributed by atoms with Crippen molar-refractivity contribution in [3.05, 3.63) is 17.5 Å². The van der Waals surface area contributed by atoms with Crippen LogP contribution in [-0.2, 0) is 6.54 Å². The third kappa shape index (κ3) is 4.53. The van der Waals surface area contributed by atoms with Crippen LogP contribution in [0.2, 0.25) is 0 Å². The lowest BCUT2D eigenvalue weighted by atomic mass is 9.85. The van der Waals surface area contributed by atoms with Crippen LogP contribution in [0.1, 0.15) is 30.7 Å². The highest BCUT2D eigenvalue weighted by molar-refractivity contribution is 14.0. The van der Waals surface area contributed by atoms with Gasteiger partial charge in [-0.15, -0.1) is 24.0 Å². The SMILES string of the molecule is Cc1cc(CN=C(N)NCC2CCC2)on1.I. The summed E-state index contributed by atoms with van der Waals surface area (Å²) < 4.78 is 5.03. The fraction of sp³-hybridized carbons (Fsp3) is 0.636. The monoisotopic (exact) mass is 350 g/mol. The number of nitrogens with zero attached hydrogens (tertiary/aromatic N) is 2. The van der Waals surface area contributed by atoms with Gasteiger partial charge in [0.1, 0.15) is 6.54 Å². The number of aryl methyl sites for hydroxylation is 1. The van der Waals surface area contributed by atoms with E-state index in [4.69, 9.17) is 10.3 Å². The Bertz CT molecular complexity index is 373. The Morgan fingerprint density at radius 2 is 2.41 bits per heavy atom. The highest BCUT2D eigenvalue weighted by Crippen LogP contribution is 2.24. The predicted molar refractivity (Wildman–Crippen MR) is 77.3 cm³/mol. The zero-order valence-electron chi connectivity index (χ0n) is 9.98. The second-order valence-corrected chi connectivity index (χ2v) is 4.31. The van der Waals surface area contributed by atoms with Gasteiger partial charge in [0.2, 0.25) is 0 Å². The van der Waals surface area contributed by atoms with Crippen molar-refractivity contribution in [1.82, 2.24) is 10.5 Å². The normalized spacial score (nSPS) is 16.2. The van der Waals surface area contributed by atoms with Gasteiger partial charge in [-0.1, -0.05) is 11.6 Å². The summed E-state index contributed by atoms with van der Waals surface area (Å²) in [4.78, 5) is 4.19. The number of aliphatic imine (C=N–C) groups is 1. The molecule has 1 aliphatic carbocycles. The van der Waals surface area contributed by atoms with E-state index in [1.165, 1.54) is 19.3 Å². The highest BCUT2D eigenvalue weighted by atomic mass is 127. The van der Waals surface area contributed by atoms with E-state index in [-0.39, 0.29) is 24.0 Å². The molecule has 1 fully saturated rings. The molecule has 1 saturated carbocycles. The van der Waals surface area contributed by atoms with Gasteiger partial charge in [-0.3, -0.25) is 0 Å². The third-order valence-electron chi connectivity index (χ3n) is 2.88. The molecule has 0 spiro atoms. The molecule has 6 heteroatoms. The summed E-state index contributed by atoms with van der Waals surface area (Å²) in [5, 5.41) is 6.91. The van der Waals surface area contributed by atoms with E-state index in [1.54, 1.807) is 0 Å². The van der Waals surface area contributed by atoms with Crippen molar-refractivity contribution in [3.8, 4) is 0 Å². The number of nitrogens with one attached hydrogen (secondary N) is 1. The predicted octanol–water partition coefficient (Wildman–Crippen LogP) is 1.81. The van der Waals surface area contributed by atoms with Crippen LogP contribution < -0.4 is 11.1 Å². The van der Waals surface area contributed by atoms with Crippen LogP contribution >= 0.6 is 24.0 Å². The fourth-order valence-electron chi connectivity index (χ4n) is 1.66. The highest BCUT2D eigenvalue weighted by Gasteiger charge is 2.16. The first-order valence-electron chi connectivity index (χ1n) is 5.70. The summed E-state index contributed by atoms with van der Waals surface area (Å²) in [5.74, 6) is 2.01. The smallest absolute Gasteiger partial charge is 0.189 e. The standard InChI is InChI=1S/C11H18N4O.HI/c1-8-5-10(16-15-8)7-14-11(12)13-6-9-3-2-4-9;/h5,9H,2-4,6-7H2,1H3,(H3,12,13,14);1H. The maximum Gasteiger partial charge on any atom is 0.189 e. The number of hydrogen-bond acceptors (Lipinski definition) is 3. The zero-order valence-corrected chi connectivity index (χ0v) is 12.3. The van der Waals surface area contributed by atoms with Gasteiger partial charge < -0.3 is 15.6 Å². The Morgan fingerprint density at radius 3 is 2.94 bits per heavy atom. The number of hydrogen-bond donors (Lipinski definition) is 2. The molecule has 0 atom stereocenters. The van der Waals surface area contributed by atoms with Crippen molar-refractivity contribution in [2.24, 2.45) is 16.6 Å². The van der Waals surface area contributed by atoms with Crippen molar-refractivity contribution in [2.75, 3.05) is 6.54 Å². The van der Waals surface area contributed by atoms with E-state index >= 15 is 0 Å². The molecular weight excluding hydrogens is 331 g/mol. The quantitative estimate of drug-likeness (QED) is 0.493. The summed E-state index contributed by atoms with van der Waals surface area (Å²) in [6.45, 7) is 3.27. The molecule has 1 aromatic heterocycles. The largest absolute Gasteiger partial charge is 0.370 e. The lowest BCUT2D eigenvalue weighted by Gasteiger charge is -2.25. The van der Waals surface area contributed by atoms with Crippen molar-refractivity contribution < 1.29 is 4.52 Å². The van der Waals surface area contributed by atoms with Crippen molar-refractivity contribution in [2.45, 2.75) is 32.7 Å². The van der Waals surface area contributed by atoms with E-state index in [1.807, 2.05) is 13.0 Å². The van der Waals surface area contributed by atoms with E-state index in [9.17, 15) is 0 Å². The van der Waals surface area contributed by atoms with Gasteiger partial charge in [-0.05, 0) is 25.7 Å². The number of nitrogens with two attached hydrogens (primary N) is 1. The fourth-order valence-corrected chi connectivity index (χ4v) is 1.66. The Balaban J connectivity index is 0.00000144.